The first-order valence-electron chi connectivity index (χ1n) is 7.96. The zero-order valence-corrected chi connectivity index (χ0v) is 13.9. The number of tetrazole rings is 1. The molecule has 1 amide bonds. The summed E-state index contributed by atoms with van der Waals surface area (Å²) in [4.78, 5) is 12.2. The number of hydrogen-bond acceptors (Lipinski definition) is 5. The van der Waals surface area contributed by atoms with Crippen molar-refractivity contribution in [1.82, 2.24) is 25.5 Å². The molecule has 25 heavy (non-hydrogen) atoms. The highest BCUT2D eigenvalue weighted by molar-refractivity contribution is 5.94. The third-order valence-electron chi connectivity index (χ3n) is 3.82. The molecule has 3 rings (SSSR count). The Hall–Kier alpha value is -3.22. The maximum atomic E-state index is 12.2. The number of rotatable bonds is 7. The lowest BCUT2D eigenvalue weighted by Gasteiger charge is -2.09. The van der Waals surface area contributed by atoms with Crippen molar-refractivity contribution >= 4 is 5.91 Å². The van der Waals surface area contributed by atoms with Crippen molar-refractivity contribution in [3.8, 4) is 5.75 Å². The summed E-state index contributed by atoms with van der Waals surface area (Å²) in [5.74, 6) is 0.743. The molecule has 0 bridgehead atoms. The van der Waals surface area contributed by atoms with Gasteiger partial charge < -0.3 is 10.1 Å². The van der Waals surface area contributed by atoms with Crippen molar-refractivity contribution < 1.29 is 9.53 Å². The SMILES string of the molecule is COc1ccccc1CCNC(=O)c1ccc(Cn2cnnn2)cc1. The lowest BCUT2D eigenvalue weighted by Crippen LogP contribution is -2.25. The van der Waals surface area contributed by atoms with Gasteiger partial charge in [0.15, 0.2) is 0 Å². The molecule has 0 spiro atoms. The summed E-state index contributed by atoms with van der Waals surface area (Å²) in [6.45, 7) is 1.12. The maximum absolute atomic E-state index is 12.2. The molecule has 1 aromatic heterocycles. The van der Waals surface area contributed by atoms with Gasteiger partial charge in [-0.3, -0.25) is 4.79 Å². The quantitative estimate of drug-likeness (QED) is 0.710. The van der Waals surface area contributed by atoms with Gasteiger partial charge in [-0.1, -0.05) is 30.3 Å². The van der Waals surface area contributed by atoms with E-state index in [0.717, 1.165) is 16.9 Å². The fourth-order valence-electron chi connectivity index (χ4n) is 2.52. The van der Waals surface area contributed by atoms with Crippen LogP contribution in [-0.2, 0) is 13.0 Å². The van der Waals surface area contributed by atoms with Crippen LogP contribution in [0, 0.1) is 0 Å². The molecular formula is C18H19N5O2. The zero-order valence-electron chi connectivity index (χ0n) is 13.9. The van der Waals surface area contributed by atoms with Gasteiger partial charge >= 0.3 is 0 Å². The Labute approximate surface area is 145 Å². The summed E-state index contributed by atoms with van der Waals surface area (Å²) < 4.78 is 6.94. The minimum atomic E-state index is -0.0936. The summed E-state index contributed by atoms with van der Waals surface area (Å²) in [6.07, 6.45) is 2.27. The van der Waals surface area contributed by atoms with Gasteiger partial charge in [0.05, 0.1) is 13.7 Å². The molecule has 2 aromatic carbocycles. The van der Waals surface area contributed by atoms with Crippen molar-refractivity contribution in [3.63, 3.8) is 0 Å². The first-order chi connectivity index (χ1) is 12.3. The molecule has 0 saturated heterocycles. The lowest BCUT2D eigenvalue weighted by molar-refractivity contribution is 0.0954. The van der Waals surface area contributed by atoms with Crippen molar-refractivity contribution in [1.29, 1.82) is 0 Å². The summed E-state index contributed by atoms with van der Waals surface area (Å²) >= 11 is 0. The van der Waals surface area contributed by atoms with Crippen LogP contribution in [0.5, 0.6) is 5.75 Å². The number of aromatic nitrogens is 4. The van der Waals surface area contributed by atoms with Crippen LogP contribution < -0.4 is 10.1 Å². The Morgan fingerprint density at radius 3 is 2.68 bits per heavy atom. The van der Waals surface area contributed by atoms with E-state index in [4.69, 9.17) is 4.74 Å². The van der Waals surface area contributed by atoms with Crippen molar-refractivity contribution in [2.24, 2.45) is 0 Å². The van der Waals surface area contributed by atoms with E-state index in [9.17, 15) is 4.79 Å². The first kappa shape index (κ1) is 16.6. The van der Waals surface area contributed by atoms with E-state index in [1.165, 1.54) is 0 Å². The Kier molecular flexibility index (Phi) is 5.36. The van der Waals surface area contributed by atoms with Gasteiger partial charge in [0.2, 0.25) is 0 Å². The maximum Gasteiger partial charge on any atom is 0.251 e. The number of ether oxygens (including phenoxy) is 1. The third kappa shape index (κ3) is 4.41. The van der Waals surface area contributed by atoms with E-state index in [2.05, 4.69) is 20.8 Å². The normalized spacial score (nSPS) is 10.4. The number of carbonyl (C=O) groups excluding carboxylic acids is 1. The van der Waals surface area contributed by atoms with Crippen molar-refractivity contribution in [2.75, 3.05) is 13.7 Å². The molecule has 128 valence electrons. The molecule has 3 aromatic rings. The molecule has 7 nitrogen and oxygen atoms in total. The molecule has 0 saturated carbocycles. The molecule has 7 heteroatoms. The Morgan fingerprint density at radius 2 is 1.96 bits per heavy atom. The second kappa shape index (κ2) is 8.05. The summed E-state index contributed by atoms with van der Waals surface area (Å²) in [5, 5.41) is 13.9. The summed E-state index contributed by atoms with van der Waals surface area (Å²) in [6, 6.07) is 15.2. The van der Waals surface area contributed by atoms with Crippen LogP contribution in [0.1, 0.15) is 21.5 Å². The van der Waals surface area contributed by atoms with Gasteiger partial charge in [0.1, 0.15) is 12.1 Å². The number of hydrogen-bond donors (Lipinski definition) is 1. The van der Waals surface area contributed by atoms with Crippen LogP contribution in [0.25, 0.3) is 0 Å². The molecule has 0 unspecified atom stereocenters. The highest BCUT2D eigenvalue weighted by Crippen LogP contribution is 2.17. The van der Waals surface area contributed by atoms with Crippen molar-refractivity contribution in [2.45, 2.75) is 13.0 Å². The average Bonchev–Trinajstić information content (AvgIpc) is 3.15. The summed E-state index contributed by atoms with van der Waals surface area (Å²) in [7, 11) is 1.65. The number of amides is 1. The Bertz CT molecular complexity index is 816. The van der Waals surface area contributed by atoms with Crippen LogP contribution >= 0.6 is 0 Å². The van der Waals surface area contributed by atoms with E-state index in [1.54, 1.807) is 30.3 Å². The highest BCUT2D eigenvalue weighted by Gasteiger charge is 2.07. The van der Waals surface area contributed by atoms with Gasteiger partial charge in [-0.15, -0.1) is 5.10 Å². The molecular weight excluding hydrogens is 318 g/mol. The standard InChI is InChI=1S/C18H19N5O2/c1-25-17-5-3-2-4-15(17)10-11-19-18(24)16-8-6-14(7-9-16)12-23-13-20-21-22-23/h2-9,13H,10-12H2,1H3,(H,19,24). The second-order valence-electron chi connectivity index (χ2n) is 5.52. The van der Waals surface area contributed by atoms with Crippen LogP contribution in [0.4, 0.5) is 0 Å². The second-order valence-corrected chi connectivity index (χ2v) is 5.52. The molecule has 1 N–H and O–H groups in total. The third-order valence-corrected chi connectivity index (χ3v) is 3.82. The van der Waals surface area contributed by atoms with Gasteiger partial charge in [-0.25, -0.2) is 4.68 Å². The fourth-order valence-corrected chi connectivity index (χ4v) is 2.52. The van der Waals surface area contributed by atoms with E-state index < -0.39 is 0 Å². The summed E-state index contributed by atoms with van der Waals surface area (Å²) in [5.41, 5.74) is 2.72. The monoisotopic (exact) mass is 337 g/mol. The van der Waals surface area contributed by atoms with Crippen LogP contribution in [0.2, 0.25) is 0 Å². The minimum Gasteiger partial charge on any atom is -0.496 e. The van der Waals surface area contributed by atoms with E-state index in [1.807, 2.05) is 36.4 Å². The van der Waals surface area contributed by atoms with Gasteiger partial charge in [-0.2, -0.15) is 0 Å². The van der Waals surface area contributed by atoms with Crippen LogP contribution in [0.3, 0.4) is 0 Å². The largest absolute Gasteiger partial charge is 0.496 e. The first-order valence-corrected chi connectivity index (χ1v) is 7.96. The van der Waals surface area contributed by atoms with E-state index >= 15 is 0 Å². The molecule has 0 radical (unpaired) electrons. The van der Waals surface area contributed by atoms with E-state index in [-0.39, 0.29) is 5.91 Å². The number of nitrogens with one attached hydrogen (secondary N) is 1. The molecule has 0 aliphatic heterocycles. The van der Waals surface area contributed by atoms with Crippen molar-refractivity contribution in [3.05, 3.63) is 71.5 Å². The van der Waals surface area contributed by atoms with Gasteiger partial charge in [0, 0.05) is 12.1 Å². The Morgan fingerprint density at radius 1 is 1.16 bits per heavy atom. The van der Waals surface area contributed by atoms with E-state index in [0.29, 0.717) is 25.1 Å². The molecule has 0 fully saturated rings. The zero-order chi connectivity index (χ0) is 17.5. The smallest absolute Gasteiger partial charge is 0.251 e. The number of methoxy groups -OCH3 is 1. The average molecular weight is 337 g/mol. The molecule has 0 aliphatic rings. The predicted molar refractivity (Wildman–Crippen MR) is 92.4 cm³/mol. The van der Waals surface area contributed by atoms with Gasteiger partial charge in [-0.05, 0) is 46.2 Å². The number of carbonyl (C=O) groups is 1. The van der Waals surface area contributed by atoms with Crippen LogP contribution in [-0.4, -0.2) is 39.8 Å². The molecule has 0 aliphatic carbocycles. The lowest BCUT2D eigenvalue weighted by atomic mass is 10.1. The minimum absolute atomic E-state index is 0.0936. The topological polar surface area (TPSA) is 81.9 Å². The predicted octanol–water partition coefficient (Wildman–Crippen LogP) is 1.70. The molecule has 0 atom stereocenters. The number of para-hydroxylation sites is 1. The Balaban J connectivity index is 1.52. The number of nitrogens with zero attached hydrogens (tertiary/aromatic N) is 4. The number of benzene rings is 2. The highest BCUT2D eigenvalue weighted by atomic mass is 16.5. The van der Waals surface area contributed by atoms with Crippen LogP contribution in [0.15, 0.2) is 54.9 Å². The molecule has 1 heterocycles. The fraction of sp³-hybridized carbons (Fsp3) is 0.222. The van der Waals surface area contributed by atoms with Gasteiger partial charge in [0.25, 0.3) is 5.91 Å².